The van der Waals surface area contributed by atoms with Crippen molar-refractivity contribution in [1.29, 1.82) is 0 Å². The van der Waals surface area contributed by atoms with Gasteiger partial charge in [-0.2, -0.15) is 0 Å². The van der Waals surface area contributed by atoms with Crippen molar-refractivity contribution in [2.45, 2.75) is 19.8 Å². The number of aliphatic imine (C=N–C) groups is 1. The van der Waals surface area contributed by atoms with Crippen LogP contribution in [0.25, 0.3) is 5.57 Å². The van der Waals surface area contributed by atoms with Crippen molar-refractivity contribution in [3.8, 4) is 0 Å². The molecule has 0 spiro atoms. The molecule has 0 radical (unpaired) electrons. The molecule has 0 amide bonds. The van der Waals surface area contributed by atoms with Crippen molar-refractivity contribution >= 4 is 17.3 Å². The van der Waals surface area contributed by atoms with Gasteiger partial charge < -0.3 is 9.52 Å². The Kier molecular flexibility index (Phi) is 3.63. The second-order valence-corrected chi connectivity index (χ2v) is 5.30. The molecule has 22 heavy (non-hydrogen) atoms. The highest BCUT2D eigenvalue weighted by molar-refractivity contribution is 6.05. The van der Waals surface area contributed by atoms with E-state index in [0.29, 0.717) is 11.5 Å². The topological polar surface area (TPSA) is 75.7 Å². The Morgan fingerprint density at radius 1 is 1.27 bits per heavy atom. The fourth-order valence-electron chi connectivity index (χ4n) is 3.03. The monoisotopic (exact) mass is 296 g/mol. The molecule has 2 atom stereocenters. The zero-order valence-corrected chi connectivity index (χ0v) is 12.4. The molecule has 0 bridgehead atoms. The largest absolute Gasteiger partial charge is 0.481 e. The second kappa shape index (κ2) is 5.60. The van der Waals surface area contributed by atoms with E-state index in [1.807, 2.05) is 25.1 Å². The molecule has 5 nitrogen and oxygen atoms in total. The molecule has 0 aromatic carbocycles. The van der Waals surface area contributed by atoms with Crippen LogP contribution in [0.15, 0.2) is 58.0 Å². The van der Waals surface area contributed by atoms with Crippen LogP contribution in [0, 0.1) is 5.92 Å². The number of hydrogen-bond acceptors (Lipinski definition) is 4. The summed E-state index contributed by atoms with van der Waals surface area (Å²) < 4.78 is 5.53. The van der Waals surface area contributed by atoms with Crippen LogP contribution in [-0.4, -0.2) is 21.8 Å². The van der Waals surface area contributed by atoms with Gasteiger partial charge in [0.15, 0.2) is 0 Å². The molecule has 2 aromatic rings. The Morgan fingerprint density at radius 2 is 2.09 bits per heavy atom. The normalized spacial score (nSPS) is 21.6. The number of aliphatic carboxylic acids is 1. The number of allylic oxidation sites excluding steroid dienone is 2. The first-order valence-corrected chi connectivity index (χ1v) is 7.02. The Bertz CT molecular complexity index is 745. The Hall–Kier alpha value is -2.69. The van der Waals surface area contributed by atoms with Gasteiger partial charge in [0, 0.05) is 23.8 Å². The Morgan fingerprint density at radius 3 is 2.68 bits per heavy atom. The highest BCUT2D eigenvalue weighted by Crippen LogP contribution is 2.43. The van der Waals surface area contributed by atoms with Crippen LogP contribution < -0.4 is 0 Å². The van der Waals surface area contributed by atoms with Crippen molar-refractivity contribution in [2.24, 2.45) is 10.9 Å². The van der Waals surface area contributed by atoms with E-state index in [0.717, 1.165) is 16.8 Å². The minimum Gasteiger partial charge on any atom is -0.481 e. The number of pyridine rings is 1. The van der Waals surface area contributed by atoms with E-state index >= 15 is 0 Å². The summed E-state index contributed by atoms with van der Waals surface area (Å²) in [6.45, 7) is 3.64. The zero-order valence-electron chi connectivity index (χ0n) is 12.4. The molecular formula is C17H16N2O3. The van der Waals surface area contributed by atoms with Gasteiger partial charge in [-0.15, -0.1) is 0 Å². The molecule has 5 heteroatoms. The summed E-state index contributed by atoms with van der Waals surface area (Å²) in [6.07, 6.45) is 4.97. The molecule has 112 valence electrons. The minimum atomic E-state index is -0.906. The number of carboxylic acids is 1. The van der Waals surface area contributed by atoms with E-state index in [2.05, 4.69) is 9.98 Å². The summed E-state index contributed by atoms with van der Waals surface area (Å²) in [5, 5.41) is 9.67. The summed E-state index contributed by atoms with van der Waals surface area (Å²) in [5.74, 6) is -1.43. The van der Waals surface area contributed by atoms with Gasteiger partial charge in [0.2, 0.25) is 0 Å². The summed E-state index contributed by atoms with van der Waals surface area (Å²) in [7, 11) is 0. The van der Waals surface area contributed by atoms with Gasteiger partial charge in [-0.1, -0.05) is 6.07 Å². The summed E-state index contributed by atoms with van der Waals surface area (Å²) >= 11 is 0. The molecule has 0 aliphatic carbocycles. The molecule has 3 heterocycles. The van der Waals surface area contributed by atoms with Crippen LogP contribution in [0.3, 0.4) is 0 Å². The number of nitrogens with zero attached hydrogens (tertiary/aromatic N) is 2. The summed E-state index contributed by atoms with van der Waals surface area (Å²) in [5.41, 5.74) is 3.09. The highest BCUT2D eigenvalue weighted by atomic mass is 16.4. The minimum absolute atomic E-state index is 0.408. The Balaban J connectivity index is 2.22. The third-order valence-electron chi connectivity index (χ3n) is 3.92. The van der Waals surface area contributed by atoms with Gasteiger partial charge in [-0.05, 0) is 43.2 Å². The molecule has 3 rings (SSSR count). The quantitative estimate of drug-likeness (QED) is 0.942. The SMILES string of the molecule is CC1=NC(C)=C(c2cccnc2)C(c2ccco2)C1C(=O)O. The molecule has 2 unspecified atom stereocenters. The molecule has 1 N–H and O–H groups in total. The maximum atomic E-state index is 11.8. The molecule has 0 saturated heterocycles. The lowest BCUT2D eigenvalue weighted by Crippen LogP contribution is -2.32. The zero-order chi connectivity index (χ0) is 15.7. The maximum absolute atomic E-state index is 11.8. The molecule has 0 saturated carbocycles. The first kappa shape index (κ1) is 14.3. The Labute approximate surface area is 128 Å². The van der Waals surface area contributed by atoms with Gasteiger partial charge in [0.25, 0.3) is 0 Å². The fraction of sp³-hybridized carbons (Fsp3) is 0.235. The van der Waals surface area contributed by atoms with Gasteiger partial charge in [-0.25, -0.2) is 0 Å². The van der Waals surface area contributed by atoms with Crippen molar-refractivity contribution in [2.75, 3.05) is 0 Å². The van der Waals surface area contributed by atoms with Crippen LogP contribution in [-0.2, 0) is 4.79 Å². The number of carboxylic acid groups (broad SMARTS) is 1. The van der Waals surface area contributed by atoms with Crippen LogP contribution in [0.5, 0.6) is 0 Å². The van der Waals surface area contributed by atoms with Crippen LogP contribution in [0.1, 0.15) is 31.1 Å². The standard InChI is InChI=1S/C17H16N2O3/c1-10-14(12-5-3-7-18-9-12)16(13-6-4-8-22-13)15(17(20)21)11(2)19-10/h3-9,15-16H,1-2H3,(H,20,21). The molecule has 1 aliphatic rings. The predicted molar refractivity (Wildman–Crippen MR) is 82.5 cm³/mol. The van der Waals surface area contributed by atoms with E-state index < -0.39 is 17.8 Å². The molecule has 1 aliphatic heterocycles. The first-order chi connectivity index (χ1) is 10.6. The number of furan rings is 1. The molecular weight excluding hydrogens is 280 g/mol. The average Bonchev–Trinajstić information content (AvgIpc) is 3.00. The lowest BCUT2D eigenvalue weighted by atomic mass is 9.76. The first-order valence-electron chi connectivity index (χ1n) is 7.02. The number of rotatable bonds is 3. The van der Waals surface area contributed by atoms with E-state index in [4.69, 9.17) is 4.42 Å². The highest BCUT2D eigenvalue weighted by Gasteiger charge is 2.40. The van der Waals surface area contributed by atoms with Crippen molar-refractivity contribution in [1.82, 2.24) is 4.98 Å². The number of carbonyl (C=O) groups is 1. The van der Waals surface area contributed by atoms with Crippen molar-refractivity contribution in [3.05, 3.63) is 59.9 Å². The van der Waals surface area contributed by atoms with E-state index in [1.165, 1.54) is 0 Å². The van der Waals surface area contributed by atoms with E-state index in [-0.39, 0.29) is 0 Å². The van der Waals surface area contributed by atoms with Gasteiger partial charge in [-0.3, -0.25) is 14.8 Å². The summed E-state index contributed by atoms with van der Waals surface area (Å²) in [4.78, 5) is 20.4. The van der Waals surface area contributed by atoms with Crippen LogP contribution in [0.4, 0.5) is 0 Å². The molecule has 0 fully saturated rings. The average molecular weight is 296 g/mol. The maximum Gasteiger partial charge on any atom is 0.313 e. The lowest BCUT2D eigenvalue weighted by molar-refractivity contribution is -0.139. The number of aromatic nitrogens is 1. The van der Waals surface area contributed by atoms with E-state index in [9.17, 15) is 9.90 Å². The van der Waals surface area contributed by atoms with E-state index in [1.54, 1.807) is 31.6 Å². The van der Waals surface area contributed by atoms with Gasteiger partial charge in [0.1, 0.15) is 11.7 Å². The number of hydrogen-bond donors (Lipinski definition) is 1. The predicted octanol–water partition coefficient (Wildman–Crippen LogP) is 3.36. The van der Waals surface area contributed by atoms with Crippen LogP contribution >= 0.6 is 0 Å². The van der Waals surface area contributed by atoms with Crippen molar-refractivity contribution < 1.29 is 14.3 Å². The summed E-state index contributed by atoms with van der Waals surface area (Å²) in [6, 6.07) is 7.32. The fourth-order valence-corrected chi connectivity index (χ4v) is 3.03. The third-order valence-corrected chi connectivity index (χ3v) is 3.92. The van der Waals surface area contributed by atoms with Crippen molar-refractivity contribution in [3.63, 3.8) is 0 Å². The molecule has 2 aromatic heterocycles. The van der Waals surface area contributed by atoms with Crippen LogP contribution in [0.2, 0.25) is 0 Å². The van der Waals surface area contributed by atoms with Gasteiger partial charge in [0.05, 0.1) is 12.2 Å². The smallest absolute Gasteiger partial charge is 0.313 e. The third kappa shape index (κ3) is 2.35. The van der Waals surface area contributed by atoms with Gasteiger partial charge >= 0.3 is 5.97 Å². The second-order valence-electron chi connectivity index (χ2n) is 5.30. The lowest BCUT2D eigenvalue weighted by Gasteiger charge is -2.30.